The minimum Gasteiger partial charge on any atom is -0.507 e. The molecule has 0 aliphatic carbocycles. The number of aromatic hydroxyl groups is 1. The van der Waals surface area contributed by atoms with Gasteiger partial charge in [0.2, 0.25) is 0 Å². The summed E-state index contributed by atoms with van der Waals surface area (Å²) >= 11 is 10.8. The van der Waals surface area contributed by atoms with Crippen LogP contribution in [0, 0.1) is 0 Å². The van der Waals surface area contributed by atoms with Crippen molar-refractivity contribution in [2.45, 2.75) is 6.18 Å². The first kappa shape index (κ1) is 19.8. The SMILES string of the molecule is COc1ccc(O)c(/C=N/NC(=S)Nc2cc(C(F)(F)F)ccc2Cl)c1. The molecular weight excluding hydrogens is 391 g/mol. The van der Waals surface area contributed by atoms with Crippen molar-refractivity contribution in [1.82, 2.24) is 5.43 Å². The molecule has 0 spiro atoms. The Bertz CT molecular complexity index is 844. The van der Waals surface area contributed by atoms with Gasteiger partial charge in [0, 0.05) is 5.56 Å². The quantitative estimate of drug-likeness (QED) is 0.401. The molecule has 0 bridgehead atoms. The van der Waals surface area contributed by atoms with E-state index in [1.54, 1.807) is 12.1 Å². The highest BCUT2D eigenvalue weighted by Crippen LogP contribution is 2.33. The van der Waals surface area contributed by atoms with Crippen molar-refractivity contribution in [3.8, 4) is 11.5 Å². The lowest BCUT2D eigenvalue weighted by Crippen LogP contribution is -2.24. The molecule has 0 aromatic heterocycles. The molecule has 0 radical (unpaired) electrons. The molecule has 0 unspecified atom stereocenters. The van der Waals surface area contributed by atoms with Crippen molar-refractivity contribution in [2.24, 2.45) is 5.10 Å². The van der Waals surface area contributed by atoms with E-state index in [2.05, 4.69) is 15.8 Å². The number of nitrogens with one attached hydrogen (secondary N) is 2. The number of hydrogen-bond donors (Lipinski definition) is 3. The first-order valence-electron chi connectivity index (χ1n) is 7.04. The average Bonchev–Trinajstić information content (AvgIpc) is 2.57. The van der Waals surface area contributed by atoms with Gasteiger partial charge in [0.15, 0.2) is 5.11 Å². The highest BCUT2D eigenvalue weighted by atomic mass is 35.5. The summed E-state index contributed by atoms with van der Waals surface area (Å²) in [6.45, 7) is 0. The first-order chi connectivity index (χ1) is 12.2. The molecule has 0 aliphatic rings. The zero-order valence-corrected chi connectivity index (χ0v) is 14.8. The van der Waals surface area contributed by atoms with Crippen molar-refractivity contribution in [1.29, 1.82) is 0 Å². The van der Waals surface area contributed by atoms with Gasteiger partial charge in [0.25, 0.3) is 0 Å². The number of halogens is 4. The summed E-state index contributed by atoms with van der Waals surface area (Å²) in [6.07, 6.45) is -3.22. The van der Waals surface area contributed by atoms with Crippen molar-refractivity contribution in [3.63, 3.8) is 0 Å². The maximum absolute atomic E-state index is 12.8. The standard InChI is InChI=1S/C16H13ClF3N3O2S/c1-25-11-3-5-14(24)9(6-11)8-21-23-15(26)22-13-7-10(16(18,19)20)2-4-12(13)17/h2-8,24H,1H3,(H2,22,23,26)/b21-8+. The third kappa shape index (κ3) is 5.24. The molecule has 2 aromatic carbocycles. The molecule has 10 heteroatoms. The zero-order valence-electron chi connectivity index (χ0n) is 13.3. The van der Waals surface area contributed by atoms with Gasteiger partial charge in [0.05, 0.1) is 29.6 Å². The number of methoxy groups -OCH3 is 1. The average molecular weight is 404 g/mol. The fourth-order valence-corrected chi connectivity index (χ4v) is 2.20. The lowest BCUT2D eigenvalue weighted by atomic mass is 10.2. The molecule has 3 N–H and O–H groups in total. The third-order valence-corrected chi connectivity index (χ3v) is 3.67. The molecule has 26 heavy (non-hydrogen) atoms. The molecule has 5 nitrogen and oxygen atoms in total. The fraction of sp³-hybridized carbons (Fsp3) is 0.125. The first-order valence-corrected chi connectivity index (χ1v) is 7.83. The van der Waals surface area contributed by atoms with Crippen LogP contribution in [-0.2, 0) is 6.18 Å². The Kier molecular flexibility index (Phi) is 6.27. The number of phenols is 1. The van der Waals surface area contributed by atoms with E-state index in [9.17, 15) is 18.3 Å². The normalized spacial score (nSPS) is 11.4. The van der Waals surface area contributed by atoms with E-state index in [-0.39, 0.29) is 21.6 Å². The second kappa shape index (κ2) is 8.24. The number of thiocarbonyl (C=S) groups is 1. The number of nitrogens with zero attached hydrogens (tertiary/aromatic N) is 1. The number of rotatable bonds is 4. The van der Waals surface area contributed by atoms with E-state index in [1.165, 1.54) is 19.4 Å². The second-order valence-electron chi connectivity index (χ2n) is 4.94. The molecular formula is C16H13ClF3N3O2S. The van der Waals surface area contributed by atoms with Crippen LogP contribution >= 0.6 is 23.8 Å². The van der Waals surface area contributed by atoms with E-state index < -0.39 is 11.7 Å². The molecule has 0 heterocycles. The summed E-state index contributed by atoms with van der Waals surface area (Å²) in [6, 6.07) is 7.37. The van der Waals surface area contributed by atoms with E-state index >= 15 is 0 Å². The molecule has 2 aromatic rings. The Morgan fingerprint density at radius 3 is 2.65 bits per heavy atom. The van der Waals surface area contributed by atoms with Crippen LogP contribution in [-0.4, -0.2) is 23.5 Å². The fourth-order valence-electron chi connectivity index (χ4n) is 1.87. The Hall–Kier alpha value is -2.52. The second-order valence-corrected chi connectivity index (χ2v) is 5.76. The van der Waals surface area contributed by atoms with E-state index in [4.69, 9.17) is 28.6 Å². The predicted molar refractivity (Wildman–Crippen MR) is 98.1 cm³/mol. The van der Waals surface area contributed by atoms with Crippen LogP contribution in [0.15, 0.2) is 41.5 Å². The van der Waals surface area contributed by atoms with Crippen LogP contribution < -0.4 is 15.5 Å². The minimum absolute atomic E-state index is 0.0154. The molecule has 0 saturated heterocycles. The summed E-state index contributed by atoms with van der Waals surface area (Å²) in [4.78, 5) is 0. The number of alkyl halides is 3. The van der Waals surface area contributed by atoms with Gasteiger partial charge in [-0.3, -0.25) is 5.43 Å². The summed E-state index contributed by atoms with van der Waals surface area (Å²) in [7, 11) is 1.48. The summed E-state index contributed by atoms with van der Waals surface area (Å²) in [5, 5.41) is 16.1. The molecule has 138 valence electrons. The lowest BCUT2D eigenvalue weighted by Gasteiger charge is -2.12. The summed E-state index contributed by atoms with van der Waals surface area (Å²) in [5.74, 6) is 0.483. The monoisotopic (exact) mass is 403 g/mol. The number of anilines is 1. The molecule has 0 atom stereocenters. The number of phenolic OH excluding ortho intramolecular Hbond substituents is 1. The Labute approximate surface area is 157 Å². The van der Waals surface area contributed by atoms with Gasteiger partial charge < -0.3 is 15.2 Å². The van der Waals surface area contributed by atoms with Crippen molar-refractivity contribution < 1.29 is 23.0 Å². The van der Waals surface area contributed by atoms with Crippen LogP contribution in [0.3, 0.4) is 0 Å². The molecule has 0 saturated carbocycles. The predicted octanol–water partition coefficient (Wildman–Crippen LogP) is 4.39. The summed E-state index contributed by atoms with van der Waals surface area (Å²) < 4.78 is 43.3. The van der Waals surface area contributed by atoms with Crippen molar-refractivity contribution >= 4 is 40.8 Å². The van der Waals surface area contributed by atoms with Gasteiger partial charge in [0.1, 0.15) is 11.5 Å². The number of benzene rings is 2. The largest absolute Gasteiger partial charge is 0.507 e. The van der Waals surface area contributed by atoms with Crippen LogP contribution in [0.2, 0.25) is 5.02 Å². The van der Waals surface area contributed by atoms with Gasteiger partial charge in [-0.05, 0) is 48.6 Å². The minimum atomic E-state index is -4.50. The van der Waals surface area contributed by atoms with Gasteiger partial charge in [-0.25, -0.2) is 0 Å². The van der Waals surface area contributed by atoms with Gasteiger partial charge in [-0.1, -0.05) is 11.6 Å². The maximum atomic E-state index is 12.8. The number of hydrazone groups is 1. The molecule has 0 aliphatic heterocycles. The lowest BCUT2D eigenvalue weighted by molar-refractivity contribution is -0.137. The highest BCUT2D eigenvalue weighted by molar-refractivity contribution is 7.80. The molecule has 0 amide bonds. The highest BCUT2D eigenvalue weighted by Gasteiger charge is 2.31. The Balaban J connectivity index is 2.06. The molecule has 2 rings (SSSR count). The Morgan fingerprint density at radius 1 is 1.27 bits per heavy atom. The van der Waals surface area contributed by atoms with Gasteiger partial charge in [-0.2, -0.15) is 18.3 Å². The van der Waals surface area contributed by atoms with Crippen LogP contribution in [0.1, 0.15) is 11.1 Å². The van der Waals surface area contributed by atoms with E-state index in [0.29, 0.717) is 11.3 Å². The van der Waals surface area contributed by atoms with Crippen LogP contribution in [0.25, 0.3) is 0 Å². The Morgan fingerprint density at radius 2 is 2.00 bits per heavy atom. The van der Waals surface area contributed by atoms with Crippen LogP contribution in [0.5, 0.6) is 11.5 Å². The van der Waals surface area contributed by atoms with Crippen LogP contribution in [0.4, 0.5) is 18.9 Å². The number of hydrogen-bond acceptors (Lipinski definition) is 4. The van der Waals surface area contributed by atoms with E-state index in [1.807, 2.05) is 0 Å². The topological polar surface area (TPSA) is 65.9 Å². The van der Waals surface area contributed by atoms with Gasteiger partial charge >= 0.3 is 6.18 Å². The van der Waals surface area contributed by atoms with Crippen molar-refractivity contribution in [2.75, 3.05) is 12.4 Å². The third-order valence-electron chi connectivity index (χ3n) is 3.15. The smallest absolute Gasteiger partial charge is 0.416 e. The maximum Gasteiger partial charge on any atom is 0.416 e. The number of ether oxygens (including phenoxy) is 1. The van der Waals surface area contributed by atoms with Gasteiger partial charge in [-0.15, -0.1) is 0 Å². The van der Waals surface area contributed by atoms with Crippen molar-refractivity contribution in [3.05, 3.63) is 52.5 Å². The zero-order chi connectivity index (χ0) is 19.3. The molecule has 0 fully saturated rings. The van der Waals surface area contributed by atoms with E-state index in [0.717, 1.165) is 18.2 Å². The summed E-state index contributed by atoms with van der Waals surface area (Å²) in [5.41, 5.74) is 1.91.